The highest BCUT2D eigenvalue weighted by molar-refractivity contribution is 5.86. The van der Waals surface area contributed by atoms with Gasteiger partial charge in [-0.1, -0.05) is 20.4 Å². The zero-order chi connectivity index (χ0) is 9.56. The van der Waals surface area contributed by atoms with E-state index in [-0.39, 0.29) is 5.97 Å². The van der Waals surface area contributed by atoms with E-state index in [1.54, 1.807) is 6.92 Å². The van der Waals surface area contributed by atoms with Gasteiger partial charge in [-0.3, -0.25) is 0 Å². The van der Waals surface area contributed by atoms with E-state index < -0.39 is 0 Å². The third-order valence-corrected chi connectivity index (χ3v) is 1.51. The van der Waals surface area contributed by atoms with Crippen molar-refractivity contribution in [1.29, 1.82) is 0 Å². The first-order valence-corrected chi connectivity index (χ1v) is 4.36. The lowest BCUT2D eigenvalue weighted by atomic mass is 10.1. The maximum absolute atomic E-state index is 10.9. The Bertz CT molecular complexity index is 159. The predicted octanol–water partition coefficient (Wildman–Crippen LogP) is 2.54. The highest BCUT2D eigenvalue weighted by Crippen LogP contribution is 2.03. The zero-order valence-electron chi connectivity index (χ0n) is 8.22. The van der Waals surface area contributed by atoms with E-state index in [4.69, 9.17) is 4.74 Å². The molecular formula is C10H18O2. The van der Waals surface area contributed by atoms with Gasteiger partial charge in [0, 0.05) is 5.57 Å². The van der Waals surface area contributed by atoms with E-state index in [2.05, 4.69) is 20.4 Å². The van der Waals surface area contributed by atoms with Gasteiger partial charge in [0.05, 0.1) is 6.61 Å². The summed E-state index contributed by atoms with van der Waals surface area (Å²) in [6.45, 7) is 9.98. The van der Waals surface area contributed by atoms with Crippen molar-refractivity contribution >= 4 is 5.97 Å². The summed E-state index contributed by atoms with van der Waals surface area (Å²) in [6.07, 6.45) is 2.04. The van der Waals surface area contributed by atoms with Crippen LogP contribution in [0, 0.1) is 5.92 Å². The third-order valence-electron chi connectivity index (χ3n) is 1.51. The molecule has 0 bridgehead atoms. The molecule has 0 aliphatic carbocycles. The van der Waals surface area contributed by atoms with Gasteiger partial charge in [0.15, 0.2) is 0 Å². The molecule has 0 aromatic rings. The maximum atomic E-state index is 10.9. The Labute approximate surface area is 74.6 Å². The molecule has 0 rings (SSSR count). The number of hydrogen-bond acceptors (Lipinski definition) is 2. The van der Waals surface area contributed by atoms with Gasteiger partial charge < -0.3 is 4.74 Å². The SMILES string of the molecule is C=C(C)C(=O)OCCCC(C)C. The first kappa shape index (κ1) is 11.2. The van der Waals surface area contributed by atoms with Gasteiger partial charge in [0.1, 0.15) is 0 Å². The zero-order valence-corrected chi connectivity index (χ0v) is 8.22. The van der Waals surface area contributed by atoms with Crippen LogP contribution in [0.2, 0.25) is 0 Å². The molecular weight excluding hydrogens is 152 g/mol. The molecule has 0 saturated heterocycles. The first-order valence-electron chi connectivity index (χ1n) is 4.36. The van der Waals surface area contributed by atoms with Crippen molar-refractivity contribution < 1.29 is 9.53 Å². The van der Waals surface area contributed by atoms with Gasteiger partial charge in [-0.2, -0.15) is 0 Å². The van der Waals surface area contributed by atoms with Gasteiger partial charge in [-0.25, -0.2) is 4.79 Å². The molecule has 0 atom stereocenters. The Balaban J connectivity index is 3.32. The lowest BCUT2D eigenvalue weighted by Gasteiger charge is -2.05. The fourth-order valence-corrected chi connectivity index (χ4v) is 0.780. The van der Waals surface area contributed by atoms with E-state index >= 15 is 0 Å². The van der Waals surface area contributed by atoms with Gasteiger partial charge in [0.2, 0.25) is 0 Å². The summed E-state index contributed by atoms with van der Waals surface area (Å²) < 4.78 is 4.92. The van der Waals surface area contributed by atoms with E-state index in [0.717, 1.165) is 12.8 Å². The molecule has 0 aromatic carbocycles. The Hall–Kier alpha value is -0.790. The Morgan fingerprint density at radius 1 is 1.50 bits per heavy atom. The van der Waals surface area contributed by atoms with Crippen LogP contribution in [-0.2, 0) is 9.53 Å². The quantitative estimate of drug-likeness (QED) is 0.360. The molecule has 0 unspecified atom stereocenters. The Kier molecular flexibility index (Phi) is 5.43. The smallest absolute Gasteiger partial charge is 0.333 e. The molecule has 12 heavy (non-hydrogen) atoms. The molecule has 0 spiro atoms. The van der Waals surface area contributed by atoms with Gasteiger partial charge >= 0.3 is 5.97 Å². The molecule has 70 valence electrons. The highest BCUT2D eigenvalue weighted by atomic mass is 16.5. The fourth-order valence-electron chi connectivity index (χ4n) is 0.780. The van der Waals surface area contributed by atoms with E-state index in [0.29, 0.717) is 18.1 Å². The van der Waals surface area contributed by atoms with E-state index in [1.165, 1.54) is 0 Å². The second-order valence-electron chi connectivity index (χ2n) is 3.45. The summed E-state index contributed by atoms with van der Waals surface area (Å²) in [5, 5.41) is 0. The molecule has 2 heteroatoms. The third kappa shape index (κ3) is 5.96. The number of rotatable bonds is 5. The molecule has 0 aliphatic heterocycles. The van der Waals surface area contributed by atoms with Crippen molar-refractivity contribution in [3.8, 4) is 0 Å². The minimum atomic E-state index is -0.279. The van der Waals surface area contributed by atoms with Crippen LogP contribution in [0.1, 0.15) is 33.6 Å². The highest BCUT2D eigenvalue weighted by Gasteiger charge is 2.02. The number of hydrogen-bond donors (Lipinski definition) is 0. The summed E-state index contributed by atoms with van der Waals surface area (Å²) in [4.78, 5) is 10.9. The predicted molar refractivity (Wildman–Crippen MR) is 49.8 cm³/mol. The van der Waals surface area contributed by atoms with Crippen molar-refractivity contribution in [1.82, 2.24) is 0 Å². The van der Waals surface area contributed by atoms with Crippen LogP contribution >= 0.6 is 0 Å². The van der Waals surface area contributed by atoms with Gasteiger partial charge in [0.25, 0.3) is 0 Å². The Morgan fingerprint density at radius 3 is 2.50 bits per heavy atom. The summed E-state index contributed by atoms with van der Waals surface area (Å²) in [7, 11) is 0. The molecule has 0 aliphatic rings. The number of esters is 1. The largest absolute Gasteiger partial charge is 0.462 e. The van der Waals surface area contributed by atoms with Crippen LogP contribution in [0.15, 0.2) is 12.2 Å². The van der Waals surface area contributed by atoms with Crippen LogP contribution < -0.4 is 0 Å². The summed E-state index contributed by atoms with van der Waals surface area (Å²) in [6, 6.07) is 0. The number of carbonyl (C=O) groups is 1. The molecule has 2 nitrogen and oxygen atoms in total. The fraction of sp³-hybridized carbons (Fsp3) is 0.700. The van der Waals surface area contributed by atoms with Crippen LogP contribution in [-0.4, -0.2) is 12.6 Å². The molecule has 0 amide bonds. The Morgan fingerprint density at radius 2 is 2.08 bits per heavy atom. The van der Waals surface area contributed by atoms with Gasteiger partial charge in [-0.05, 0) is 25.7 Å². The summed E-state index contributed by atoms with van der Waals surface area (Å²) in [5.41, 5.74) is 0.472. The minimum Gasteiger partial charge on any atom is -0.462 e. The van der Waals surface area contributed by atoms with Crippen LogP contribution in [0.4, 0.5) is 0 Å². The van der Waals surface area contributed by atoms with Gasteiger partial charge in [-0.15, -0.1) is 0 Å². The molecule has 0 N–H and O–H groups in total. The monoisotopic (exact) mass is 170 g/mol. The first-order chi connectivity index (χ1) is 5.54. The second-order valence-corrected chi connectivity index (χ2v) is 3.45. The lowest BCUT2D eigenvalue weighted by Crippen LogP contribution is -2.06. The van der Waals surface area contributed by atoms with Crippen molar-refractivity contribution in [3.63, 3.8) is 0 Å². The van der Waals surface area contributed by atoms with Crippen molar-refractivity contribution in [2.45, 2.75) is 33.6 Å². The average Bonchev–Trinajstić information content (AvgIpc) is 1.97. The van der Waals surface area contributed by atoms with E-state index in [1.807, 2.05) is 0 Å². The molecule has 0 radical (unpaired) electrons. The molecule has 0 saturated carbocycles. The normalized spacial score (nSPS) is 10.0. The number of ether oxygens (including phenoxy) is 1. The van der Waals surface area contributed by atoms with Crippen molar-refractivity contribution in [2.24, 2.45) is 5.92 Å². The lowest BCUT2D eigenvalue weighted by molar-refractivity contribution is -0.139. The molecule has 0 fully saturated rings. The van der Waals surface area contributed by atoms with Crippen LogP contribution in [0.5, 0.6) is 0 Å². The second kappa shape index (κ2) is 5.81. The number of carbonyl (C=O) groups excluding carboxylic acids is 1. The van der Waals surface area contributed by atoms with Crippen LogP contribution in [0.3, 0.4) is 0 Å². The van der Waals surface area contributed by atoms with E-state index in [9.17, 15) is 4.79 Å². The minimum absolute atomic E-state index is 0.279. The topological polar surface area (TPSA) is 26.3 Å². The standard InChI is InChI=1S/C10H18O2/c1-8(2)6-5-7-12-10(11)9(3)4/h8H,3,5-7H2,1-2,4H3. The summed E-state index contributed by atoms with van der Waals surface area (Å²) >= 11 is 0. The summed E-state index contributed by atoms with van der Waals surface area (Å²) in [5.74, 6) is 0.396. The van der Waals surface area contributed by atoms with Crippen molar-refractivity contribution in [2.75, 3.05) is 6.61 Å². The van der Waals surface area contributed by atoms with Crippen molar-refractivity contribution in [3.05, 3.63) is 12.2 Å². The van der Waals surface area contributed by atoms with Crippen LogP contribution in [0.25, 0.3) is 0 Å². The maximum Gasteiger partial charge on any atom is 0.333 e. The molecule has 0 aromatic heterocycles. The molecule has 0 heterocycles. The average molecular weight is 170 g/mol.